The lowest BCUT2D eigenvalue weighted by Crippen LogP contribution is -2.14. The molecule has 0 heterocycles. The molecule has 2 N–H and O–H groups in total. The fourth-order valence-electron chi connectivity index (χ4n) is 1.64. The molecule has 0 bridgehead atoms. The molecule has 0 saturated heterocycles. The third-order valence-corrected chi connectivity index (χ3v) is 2.94. The van der Waals surface area contributed by atoms with Crippen molar-refractivity contribution in [1.29, 1.82) is 0 Å². The van der Waals surface area contributed by atoms with Crippen molar-refractivity contribution >= 4 is 29.2 Å². The van der Waals surface area contributed by atoms with Crippen LogP contribution in [0.15, 0.2) is 36.4 Å². The molecule has 21 heavy (non-hydrogen) atoms. The molecule has 4 nitrogen and oxygen atoms in total. The molecule has 1 amide bonds. The Labute approximate surface area is 123 Å². The van der Waals surface area contributed by atoms with Crippen molar-refractivity contribution in [3.8, 4) is 0 Å². The molecule has 0 spiro atoms. The topological polar surface area (TPSA) is 66.4 Å². The van der Waals surface area contributed by atoms with Gasteiger partial charge in [-0.1, -0.05) is 11.6 Å². The summed E-state index contributed by atoms with van der Waals surface area (Å²) in [5.41, 5.74) is -0.432. The zero-order valence-electron chi connectivity index (χ0n) is 10.4. The van der Waals surface area contributed by atoms with E-state index in [-0.39, 0.29) is 16.3 Å². The van der Waals surface area contributed by atoms with Crippen LogP contribution < -0.4 is 5.32 Å². The number of nitrogens with one attached hydrogen (secondary N) is 1. The maximum atomic E-state index is 13.4. The number of carbonyl (C=O) groups excluding carboxylic acids is 1. The SMILES string of the molecule is O=C(Nc1ccc(C(=O)O)c(Cl)c1)c1cc(F)ccc1F. The first kappa shape index (κ1) is 14.9. The summed E-state index contributed by atoms with van der Waals surface area (Å²) in [5.74, 6) is -3.71. The Balaban J connectivity index is 2.26. The summed E-state index contributed by atoms with van der Waals surface area (Å²) in [5, 5.41) is 11.0. The van der Waals surface area contributed by atoms with E-state index >= 15 is 0 Å². The zero-order chi connectivity index (χ0) is 15.6. The number of hydrogen-bond donors (Lipinski definition) is 2. The van der Waals surface area contributed by atoms with Crippen LogP contribution in [0.25, 0.3) is 0 Å². The summed E-state index contributed by atoms with van der Waals surface area (Å²) < 4.78 is 26.5. The molecule has 0 aliphatic carbocycles. The number of carboxylic acids is 1. The van der Waals surface area contributed by atoms with Crippen LogP contribution >= 0.6 is 11.6 Å². The van der Waals surface area contributed by atoms with Crippen molar-refractivity contribution in [3.63, 3.8) is 0 Å². The molecule has 7 heteroatoms. The standard InChI is InChI=1S/C14H8ClF2NO3/c15-11-6-8(2-3-9(11)14(20)21)18-13(19)10-5-7(16)1-4-12(10)17/h1-6H,(H,18,19)(H,20,21). The molecule has 0 aliphatic rings. The van der Waals surface area contributed by atoms with Crippen LogP contribution in [0.2, 0.25) is 5.02 Å². The van der Waals surface area contributed by atoms with Gasteiger partial charge in [-0.05, 0) is 36.4 Å². The Morgan fingerprint density at radius 1 is 1.05 bits per heavy atom. The minimum Gasteiger partial charge on any atom is -0.478 e. The number of halogens is 3. The molecular formula is C14H8ClF2NO3. The van der Waals surface area contributed by atoms with E-state index in [0.717, 1.165) is 18.2 Å². The van der Waals surface area contributed by atoms with Crippen molar-refractivity contribution < 1.29 is 23.5 Å². The maximum absolute atomic E-state index is 13.4. The number of carboxylic acid groups (broad SMARTS) is 1. The molecule has 108 valence electrons. The predicted molar refractivity (Wildman–Crippen MR) is 72.7 cm³/mol. The van der Waals surface area contributed by atoms with Crippen molar-refractivity contribution in [2.75, 3.05) is 5.32 Å². The molecule has 2 aromatic rings. The van der Waals surface area contributed by atoms with Gasteiger partial charge in [0.15, 0.2) is 0 Å². The molecule has 0 fully saturated rings. The fourth-order valence-corrected chi connectivity index (χ4v) is 1.90. The minimum atomic E-state index is -1.21. The largest absolute Gasteiger partial charge is 0.478 e. The number of rotatable bonds is 3. The van der Waals surface area contributed by atoms with Crippen LogP contribution in [0.5, 0.6) is 0 Å². The van der Waals surface area contributed by atoms with Gasteiger partial charge in [0.25, 0.3) is 5.91 Å². The predicted octanol–water partition coefficient (Wildman–Crippen LogP) is 3.57. The van der Waals surface area contributed by atoms with E-state index in [2.05, 4.69) is 5.32 Å². The summed E-state index contributed by atoms with van der Waals surface area (Å²) in [6, 6.07) is 6.19. The van der Waals surface area contributed by atoms with Crippen LogP contribution in [-0.2, 0) is 0 Å². The van der Waals surface area contributed by atoms with E-state index in [9.17, 15) is 18.4 Å². The monoisotopic (exact) mass is 311 g/mol. The van der Waals surface area contributed by atoms with Gasteiger partial charge in [0.05, 0.1) is 16.1 Å². The second kappa shape index (κ2) is 5.88. The van der Waals surface area contributed by atoms with Crippen molar-refractivity contribution in [2.45, 2.75) is 0 Å². The van der Waals surface area contributed by atoms with Gasteiger partial charge in [0, 0.05) is 5.69 Å². The van der Waals surface area contributed by atoms with Gasteiger partial charge in [0.2, 0.25) is 0 Å². The highest BCUT2D eigenvalue weighted by Crippen LogP contribution is 2.22. The minimum absolute atomic E-state index is 0.0833. The van der Waals surface area contributed by atoms with Gasteiger partial charge in [-0.2, -0.15) is 0 Å². The first-order valence-corrected chi connectivity index (χ1v) is 6.05. The van der Waals surface area contributed by atoms with Crippen LogP contribution in [-0.4, -0.2) is 17.0 Å². The van der Waals surface area contributed by atoms with Gasteiger partial charge >= 0.3 is 5.97 Å². The van der Waals surface area contributed by atoms with Crippen LogP contribution in [0, 0.1) is 11.6 Å². The van der Waals surface area contributed by atoms with E-state index in [1.807, 2.05) is 0 Å². The Morgan fingerprint density at radius 3 is 2.38 bits per heavy atom. The van der Waals surface area contributed by atoms with Gasteiger partial charge in [-0.15, -0.1) is 0 Å². The second-order valence-corrected chi connectivity index (χ2v) is 4.49. The Bertz CT molecular complexity index is 734. The quantitative estimate of drug-likeness (QED) is 0.910. The summed E-state index contributed by atoms with van der Waals surface area (Å²) in [6.07, 6.45) is 0. The third kappa shape index (κ3) is 3.35. The van der Waals surface area contributed by atoms with Gasteiger partial charge < -0.3 is 10.4 Å². The first-order chi connectivity index (χ1) is 9.88. The van der Waals surface area contributed by atoms with Crippen molar-refractivity contribution in [1.82, 2.24) is 0 Å². The zero-order valence-corrected chi connectivity index (χ0v) is 11.1. The second-order valence-electron chi connectivity index (χ2n) is 4.08. The van der Waals surface area contributed by atoms with Crippen LogP contribution in [0.4, 0.5) is 14.5 Å². The number of carbonyl (C=O) groups is 2. The summed E-state index contributed by atoms with van der Waals surface area (Å²) in [6.45, 7) is 0. The lowest BCUT2D eigenvalue weighted by Gasteiger charge is -2.08. The number of amides is 1. The molecule has 2 rings (SSSR count). The summed E-state index contributed by atoms with van der Waals surface area (Å²) in [4.78, 5) is 22.6. The highest BCUT2D eigenvalue weighted by molar-refractivity contribution is 6.33. The van der Waals surface area contributed by atoms with E-state index in [1.54, 1.807) is 0 Å². The van der Waals surface area contributed by atoms with E-state index in [0.29, 0.717) is 0 Å². The highest BCUT2D eigenvalue weighted by atomic mass is 35.5. The summed E-state index contributed by atoms with van der Waals surface area (Å²) >= 11 is 5.74. The average Bonchev–Trinajstić information content (AvgIpc) is 2.41. The molecule has 0 atom stereocenters. The van der Waals surface area contributed by atoms with Gasteiger partial charge in [-0.25, -0.2) is 13.6 Å². The van der Waals surface area contributed by atoms with Crippen molar-refractivity contribution in [3.05, 3.63) is 64.2 Å². The maximum Gasteiger partial charge on any atom is 0.337 e. The molecular weight excluding hydrogens is 304 g/mol. The lowest BCUT2D eigenvalue weighted by atomic mass is 10.1. The number of hydrogen-bond acceptors (Lipinski definition) is 2. The van der Waals surface area contributed by atoms with E-state index in [4.69, 9.17) is 16.7 Å². The lowest BCUT2D eigenvalue weighted by molar-refractivity contribution is 0.0697. The average molecular weight is 312 g/mol. The molecule has 2 aromatic carbocycles. The summed E-state index contributed by atoms with van der Waals surface area (Å²) in [7, 11) is 0. The number of anilines is 1. The first-order valence-electron chi connectivity index (χ1n) is 5.67. The Morgan fingerprint density at radius 2 is 1.76 bits per heavy atom. The fraction of sp³-hybridized carbons (Fsp3) is 0. The molecule has 0 unspecified atom stereocenters. The molecule has 0 saturated carbocycles. The Hall–Kier alpha value is -2.47. The van der Waals surface area contributed by atoms with Crippen LogP contribution in [0.1, 0.15) is 20.7 Å². The number of aromatic carboxylic acids is 1. The highest BCUT2D eigenvalue weighted by Gasteiger charge is 2.14. The van der Waals surface area contributed by atoms with Gasteiger partial charge in [-0.3, -0.25) is 4.79 Å². The third-order valence-electron chi connectivity index (χ3n) is 2.63. The van der Waals surface area contributed by atoms with Crippen LogP contribution in [0.3, 0.4) is 0 Å². The molecule has 0 radical (unpaired) electrons. The Kier molecular flexibility index (Phi) is 4.18. The van der Waals surface area contributed by atoms with E-state index < -0.39 is 29.1 Å². The normalized spacial score (nSPS) is 10.2. The number of benzene rings is 2. The smallest absolute Gasteiger partial charge is 0.337 e. The van der Waals surface area contributed by atoms with Gasteiger partial charge in [0.1, 0.15) is 11.6 Å². The van der Waals surface area contributed by atoms with Crippen molar-refractivity contribution in [2.24, 2.45) is 0 Å². The molecule has 0 aromatic heterocycles. The molecule has 0 aliphatic heterocycles. The van der Waals surface area contributed by atoms with E-state index in [1.165, 1.54) is 18.2 Å².